The Bertz CT molecular complexity index is 525. The van der Waals surface area contributed by atoms with Gasteiger partial charge in [-0.3, -0.25) is 15.0 Å². The molecule has 3 rings (SSSR count). The van der Waals surface area contributed by atoms with Crippen LogP contribution in [0.25, 0.3) is 0 Å². The van der Waals surface area contributed by atoms with Crippen molar-refractivity contribution in [2.45, 2.75) is 6.04 Å². The number of nitro groups is 1. The molecule has 7 nitrogen and oxygen atoms in total. The Labute approximate surface area is 123 Å². The van der Waals surface area contributed by atoms with E-state index >= 15 is 0 Å². The van der Waals surface area contributed by atoms with Crippen LogP contribution in [0.1, 0.15) is 0 Å². The molecule has 0 unspecified atom stereocenters. The number of hydrogen-bond acceptors (Lipinski definition) is 6. The van der Waals surface area contributed by atoms with E-state index in [1.165, 1.54) is 13.2 Å². The highest BCUT2D eigenvalue weighted by Gasteiger charge is 2.33. The molecule has 114 valence electrons. The van der Waals surface area contributed by atoms with Gasteiger partial charge in [0.25, 0.3) is 5.69 Å². The minimum atomic E-state index is -0.375. The lowest BCUT2D eigenvalue weighted by molar-refractivity contribution is -0.384. The van der Waals surface area contributed by atoms with Crippen molar-refractivity contribution in [3.8, 4) is 5.75 Å². The summed E-state index contributed by atoms with van der Waals surface area (Å²) in [4.78, 5) is 15.3. The molecule has 1 aromatic carbocycles. The maximum absolute atomic E-state index is 11.0. The van der Waals surface area contributed by atoms with E-state index in [0.29, 0.717) is 11.8 Å². The SMILES string of the molecule is COc1cc(N2CC(N3CCNCC3)C2)cc([N+](=O)[O-])c1. The van der Waals surface area contributed by atoms with E-state index in [4.69, 9.17) is 4.74 Å². The second-order valence-electron chi connectivity index (χ2n) is 5.49. The molecule has 1 N–H and O–H groups in total. The number of ether oxygens (including phenoxy) is 1. The molecule has 2 aliphatic rings. The van der Waals surface area contributed by atoms with Crippen LogP contribution in [0.2, 0.25) is 0 Å². The van der Waals surface area contributed by atoms with Crippen molar-refractivity contribution < 1.29 is 9.66 Å². The standard InChI is InChI=1S/C14H20N4O3/c1-21-14-7-11(6-12(8-14)18(19)20)17-9-13(10-17)16-4-2-15-3-5-16/h6-8,13,15H,2-5,9-10H2,1H3. The first-order chi connectivity index (χ1) is 10.2. The number of benzene rings is 1. The average Bonchev–Trinajstić information content (AvgIpc) is 2.46. The fourth-order valence-electron chi connectivity index (χ4n) is 2.92. The molecule has 21 heavy (non-hydrogen) atoms. The summed E-state index contributed by atoms with van der Waals surface area (Å²) in [6.45, 7) is 6.09. The molecule has 2 saturated heterocycles. The molecule has 0 bridgehead atoms. The third kappa shape index (κ3) is 2.93. The number of rotatable bonds is 4. The van der Waals surface area contributed by atoms with Crippen LogP contribution in [-0.2, 0) is 0 Å². The molecule has 0 radical (unpaired) electrons. The largest absolute Gasteiger partial charge is 0.496 e. The first-order valence-electron chi connectivity index (χ1n) is 7.20. The van der Waals surface area contributed by atoms with Gasteiger partial charge in [-0.25, -0.2) is 0 Å². The van der Waals surface area contributed by atoms with Gasteiger partial charge in [0, 0.05) is 63.1 Å². The zero-order chi connectivity index (χ0) is 14.8. The lowest BCUT2D eigenvalue weighted by Gasteiger charge is -2.47. The Morgan fingerprint density at radius 3 is 2.62 bits per heavy atom. The molecule has 2 fully saturated rings. The topological polar surface area (TPSA) is 70.9 Å². The van der Waals surface area contributed by atoms with Crippen LogP contribution < -0.4 is 15.0 Å². The summed E-state index contributed by atoms with van der Waals surface area (Å²) >= 11 is 0. The molecule has 0 aromatic heterocycles. The number of anilines is 1. The molecule has 7 heteroatoms. The molecule has 2 heterocycles. The van der Waals surface area contributed by atoms with Gasteiger partial charge in [-0.15, -0.1) is 0 Å². The Kier molecular flexibility index (Phi) is 3.94. The van der Waals surface area contributed by atoms with Crippen LogP contribution in [0.4, 0.5) is 11.4 Å². The van der Waals surface area contributed by atoms with Crippen LogP contribution in [0.15, 0.2) is 18.2 Å². The van der Waals surface area contributed by atoms with E-state index in [-0.39, 0.29) is 10.6 Å². The number of non-ortho nitro benzene ring substituents is 1. The van der Waals surface area contributed by atoms with Gasteiger partial charge in [-0.05, 0) is 0 Å². The highest BCUT2D eigenvalue weighted by atomic mass is 16.6. The van der Waals surface area contributed by atoms with Crippen molar-refractivity contribution in [1.82, 2.24) is 10.2 Å². The summed E-state index contributed by atoms with van der Waals surface area (Å²) in [6, 6.07) is 5.49. The quantitative estimate of drug-likeness (QED) is 0.650. The van der Waals surface area contributed by atoms with Crippen molar-refractivity contribution in [2.75, 3.05) is 51.3 Å². The molecule has 0 spiro atoms. The zero-order valence-corrected chi connectivity index (χ0v) is 12.1. The first-order valence-corrected chi connectivity index (χ1v) is 7.20. The van der Waals surface area contributed by atoms with Gasteiger partial charge < -0.3 is 15.0 Å². The number of piperazine rings is 1. The summed E-state index contributed by atoms with van der Waals surface area (Å²) in [5, 5.41) is 14.3. The summed E-state index contributed by atoms with van der Waals surface area (Å²) in [5.74, 6) is 0.532. The second-order valence-corrected chi connectivity index (χ2v) is 5.49. The van der Waals surface area contributed by atoms with E-state index in [1.807, 2.05) is 6.07 Å². The molecule has 0 aliphatic carbocycles. The Morgan fingerprint density at radius 2 is 2.00 bits per heavy atom. The van der Waals surface area contributed by atoms with Gasteiger partial charge >= 0.3 is 0 Å². The molecule has 2 aliphatic heterocycles. The Morgan fingerprint density at radius 1 is 1.29 bits per heavy atom. The lowest BCUT2D eigenvalue weighted by atomic mass is 10.0. The lowest BCUT2D eigenvalue weighted by Crippen LogP contribution is -2.62. The van der Waals surface area contributed by atoms with Gasteiger partial charge in [0.2, 0.25) is 0 Å². The van der Waals surface area contributed by atoms with Gasteiger partial charge in [0.1, 0.15) is 5.75 Å². The van der Waals surface area contributed by atoms with Crippen LogP contribution >= 0.6 is 0 Å². The average molecular weight is 292 g/mol. The number of methoxy groups -OCH3 is 1. The van der Waals surface area contributed by atoms with Gasteiger partial charge in [-0.1, -0.05) is 0 Å². The number of hydrogen-bond donors (Lipinski definition) is 1. The first kappa shape index (κ1) is 14.1. The van der Waals surface area contributed by atoms with Crippen molar-refractivity contribution in [1.29, 1.82) is 0 Å². The van der Waals surface area contributed by atoms with E-state index < -0.39 is 0 Å². The summed E-state index contributed by atoms with van der Waals surface area (Å²) < 4.78 is 5.16. The fourth-order valence-corrected chi connectivity index (χ4v) is 2.92. The monoisotopic (exact) mass is 292 g/mol. The number of nitro benzene ring substituents is 1. The number of nitrogens with one attached hydrogen (secondary N) is 1. The molecular formula is C14H20N4O3. The van der Waals surface area contributed by atoms with Crippen LogP contribution in [0.5, 0.6) is 5.75 Å². The molecular weight excluding hydrogens is 272 g/mol. The van der Waals surface area contributed by atoms with E-state index in [0.717, 1.165) is 45.0 Å². The molecule has 0 amide bonds. The van der Waals surface area contributed by atoms with Crippen molar-refractivity contribution in [3.05, 3.63) is 28.3 Å². The molecule has 1 aromatic rings. The van der Waals surface area contributed by atoms with Crippen LogP contribution in [-0.4, -0.2) is 62.2 Å². The summed E-state index contributed by atoms with van der Waals surface area (Å²) in [6.07, 6.45) is 0. The summed E-state index contributed by atoms with van der Waals surface area (Å²) in [5.41, 5.74) is 0.947. The number of nitrogens with zero attached hydrogens (tertiary/aromatic N) is 3. The highest BCUT2D eigenvalue weighted by Crippen LogP contribution is 2.31. The predicted octanol–water partition coefficient (Wildman–Crippen LogP) is 0.697. The zero-order valence-electron chi connectivity index (χ0n) is 12.1. The van der Waals surface area contributed by atoms with E-state index in [9.17, 15) is 10.1 Å². The normalized spacial score (nSPS) is 20.1. The Hall–Kier alpha value is -1.86. The minimum Gasteiger partial charge on any atom is -0.496 e. The smallest absolute Gasteiger partial charge is 0.275 e. The summed E-state index contributed by atoms with van der Waals surface area (Å²) in [7, 11) is 1.53. The van der Waals surface area contributed by atoms with Crippen molar-refractivity contribution >= 4 is 11.4 Å². The third-order valence-electron chi connectivity index (χ3n) is 4.22. The van der Waals surface area contributed by atoms with Gasteiger partial charge in [0.15, 0.2) is 0 Å². The maximum Gasteiger partial charge on any atom is 0.275 e. The predicted molar refractivity (Wildman–Crippen MR) is 80.1 cm³/mol. The second kappa shape index (κ2) is 5.87. The maximum atomic E-state index is 11.0. The van der Waals surface area contributed by atoms with E-state index in [2.05, 4.69) is 15.1 Å². The highest BCUT2D eigenvalue weighted by molar-refractivity contribution is 5.59. The van der Waals surface area contributed by atoms with Gasteiger partial charge in [-0.2, -0.15) is 0 Å². The Balaban J connectivity index is 1.68. The fraction of sp³-hybridized carbons (Fsp3) is 0.571. The van der Waals surface area contributed by atoms with Crippen molar-refractivity contribution in [2.24, 2.45) is 0 Å². The van der Waals surface area contributed by atoms with Gasteiger partial charge in [0.05, 0.1) is 18.1 Å². The molecule has 0 atom stereocenters. The van der Waals surface area contributed by atoms with E-state index in [1.54, 1.807) is 6.07 Å². The van der Waals surface area contributed by atoms with Crippen LogP contribution in [0, 0.1) is 10.1 Å². The molecule has 0 saturated carbocycles. The minimum absolute atomic E-state index is 0.0787. The van der Waals surface area contributed by atoms with Crippen molar-refractivity contribution in [3.63, 3.8) is 0 Å². The van der Waals surface area contributed by atoms with Crippen LogP contribution in [0.3, 0.4) is 0 Å². The third-order valence-corrected chi connectivity index (χ3v) is 4.22.